The Morgan fingerprint density at radius 2 is 1.75 bits per heavy atom. The predicted octanol–water partition coefficient (Wildman–Crippen LogP) is 0.935. The van der Waals surface area contributed by atoms with Crippen LogP contribution in [0.4, 0.5) is 3.55 Å². The first-order valence-corrected chi connectivity index (χ1v) is 1.15. The van der Waals surface area contributed by atoms with Gasteiger partial charge >= 0.3 is 22.7 Å². The summed E-state index contributed by atoms with van der Waals surface area (Å²) in [6, 6.07) is 0. The van der Waals surface area contributed by atoms with Gasteiger partial charge in [-0.25, -0.2) is 0 Å². The molecule has 0 heterocycles. The van der Waals surface area contributed by atoms with Gasteiger partial charge in [-0.3, -0.25) is 0 Å². The van der Waals surface area contributed by atoms with Crippen LogP contribution in [0.5, 0.6) is 0 Å². The van der Waals surface area contributed by atoms with Crippen molar-refractivity contribution in [3.8, 4) is 0 Å². The third kappa shape index (κ3) is 56.4. The van der Waals surface area contributed by atoms with E-state index in [4.69, 9.17) is 3.83 Å². The quantitative estimate of drug-likeness (QED) is 0.421. The molecule has 0 spiro atoms. The van der Waals surface area contributed by atoms with Crippen molar-refractivity contribution in [2.75, 3.05) is 0 Å². The van der Waals surface area contributed by atoms with Crippen molar-refractivity contribution in [2.24, 2.45) is 0 Å². The molecule has 0 aromatic rings. The van der Waals surface area contributed by atoms with Gasteiger partial charge in [0.25, 0.3) is 0 Å². The third-order valence-corrected chi connectivity index (χ3v) is 0. The van der Waals surface area contributed by atoms with Crippen LogP contribution < -0.4 is 0 Å². The van der Waals surface area contributed by atoms with Crippen LogP contribution in [0.3, 0.4) is 0 Å². The first kappa shape index (κ1) is 8.87. The van der Waals surface area contributed by atoms with Crippen molar-refractivity contribution in [3.63, 3.8) is 0 Å². The number of hydrogen-bond acceptors (Lipinski definition) is 1. The van der Waals surface area contributed by atoms with Crippen LogP contribution in [0.15, 0.2) is 0 Å². The molecule has 0 fully saturated rings. The molecular weight excluding hydrogens is 103 g/mol. The predicted molar refractivity (Wildman–Crippen MR) is 8.53 cm³/mol. The van der Waals surface area contributed by atoms with Crippen LogP contribution in [0.1, 0.15) is 7.43 Å². The topological polar surface area (TPSA) is 17.1 Å². The van der Waals surface area contributed by atoms with E-state index in [-0.39, 0.29) is 7.43 Å². The van der Waals surface area contributed by atoms with E-state index in [2.05, 4.69) is 0 Å². The van der Waals surface area contributed by atoms with Crippen LogP contribution in [-0.2, 0) is 19.2 Å². The zero-order valence-corrected chi connectivity index (χ0v) is 2.24. The SMILES string of the molecule is C.[O]=[Fe][F]. The molecule has 0 aliphatic carbocycles. The molecule has 1 nitrogen and oxygen atoms in total. The summed E-state index contributed by atoms with van der Waals surface area (Å²) < 4.78 is 18.0. The Kier molecular flexibility index (Phi) is 23.3. The van der Waals surface area contributed by atoms with Gasteiger partial charge in [0.05, 0.1) is 0 Å². The van der Waals surface area contributed by atoms with Crippen LogP contribution >= 0.6 is 0 Å². The first-order chi connectivity index (χ1) is 1.41. The van der Waals surface area contributed by atoms with Crippen molar-refractivity contribution in [2.45, 2.75) is 7.43 Å². The average Bonchev–Trinajstić information content (AvgIpc) is 0.918. The van der Waals surface area contributed by atoms with Gasteiger partial charge in [0.15, 0.2) is 0 Å². The molecule has 4 heavy (non-hydrogen) atoms. The standard InChI is InChI=1S/CH4.FH.Fe.O/h1H4;1H;;/q;;+1;/p-1. The van der Waals surface area contributed by atoms with Gasteiger partial charge in [0.2, 0.25) is 0 Å². The van der Waals surface area contributed by atoms with Gasteiger partial charge in [0.1, 0.15) is 0 Å². The molecule has 0 aromatic carbocycles. The zero-order valence-electron chi connectivity index (χ0n) is 1.14. The fraction of sp³-hybridized carbons (Fsp3) is 1.00. The molecule has 0 amide bonds. The second-order valence-electron chi connectivity index (χ2n) is 0.0546. The molecule has 0 radical (unpaired) electrons. The van der Waals surface area contributed by atoms with Crippen molar-refractivity contribution in [3.05, 3.63) is 0 Å². The minimum absolute atomic E-state index is 0. The molecule has 0 aromatic heterocycles. The molecule has 0 atom stereocenters. The number of hydrogen-bond donors (Lipinski definition) is 0. The summed E-state index contributed by atoms with van der Waals surface area (Å²) >= 11 is -1.50. The van der Waals surface area contributed by atoms with E-state index < -0.39 is 15.3 Å². The molecular formula is CH4FFeO. The Balaban J connectivity index is 0. The van der Waals surface area contributed by atoms with Crippen LogP contribution in [0, 0.1) is 0 Å². The monoisotopic (exact) mass is 107 g/mol. The normalized spacial score (nSPS) is 4.25. The number of rotatable bonds is 0. The molecule has 0 aliphatic heterocycles. The zero-order chi connectivity index (χ0) is 2.71. The van der Waals surface area contributed by atoms with E-state index in [1.165, 1.54) is 0 Å². The van der Waals surface area contributed by atoms with Crippen molar-refractivity contribution < 1.29 is 22.7 Å². The molecule has 0 saturated carbocycles. The van der Waals surface area contributed by atoms with Gasteiger partial charge in [-0.05, 0) is 0 Å². The van der Waals surface area contributed by atoms with E-state index in [0.29, 0.717) is 0 Å². The number of halogens is 1. The van der Waals surface area contributed by atoms with E-state index in [1.807, 2.05) is 0 Å². The Labute approximate surface area is 31.0 Å². The van der Waals surface area contributed by atoms with Crippen molar-refractivity contribution in [1.82, 2.24) is 0 Å². The molecule has 3 heteroatoms. The van der Waals surface area contributed by atoms with Crippen molar-refractivity contribution in [1.29, 1.82) is 0 Å². The first-order valence-electron chi connectivity index (χ1n) is 0.278. The second kappa shape index (κ2) is 10.5. The average molecular weight is 107 g/mol. The summed E-state index contributed by atoms with van der Waals surface area (Å²) in [5.41, 5.74) is 0. The van der Waals surface area contributed by atoms with Gasteiger partial charge in [-0.2, -0.15) is 0 Å². The summed E-state index contributed by atoms with van der Waals surface area (Å²) in [5.74, 6) is 0. The fourth-order valence-electron chi connectivity index (χ4n) is 0. The molecule has 0 bridgehead atoms. The van der Waals surface area contributed by atoms with Crippen LogP contribution in [0.25, 0.3) is 0 Å². The summed E-state index contributed by atoms with van der Waals surface area (Å²) in [5, 5.41) is 0. The maximum absolute atomic E-state index is 9.74. The third-order valence-electron chi connectivity index (χ3n) is 0. The van der Waals surface area contributed by atoms with E-state index in [0.717, 1.165) is 0 Å². The van der Waals surface area contributed by atoms with Crippen molar-refractivity contribution >= 4 is 0 Å². The Hall–Kier alpha value is 0.249. The summed E-state index contributed by atoms with van der Waals surface area (Å²) in [7, 11) is 0. The van der Waals surface area contributed by atoms with E-state index in [1.54, 1.807) is 0 Å². The fourth-order valence-corrected chi connectivity index (χ4v) is 0. The molecule has 0 rings (SSSR count). The van der Waals surface area contributed by atoms with Gasteiger partial charge in [0, 0.05) is 0 Å². The molecule has 0 N–H and O–H groups in total. The van der Waals surface area contributed by atoms with Gasteiger partial charge < -0.3 is 0 Å². The Bertz CT molecular complexity index is 15.5. The van der Waals surface area contributed by atoms with Gasteiger partial charge in [-0.1, -0.05) is 7.43 Å². The molecule has 0 aliphatic rings. The second-order valence-corrected chi connectivity index (χ2v) is 0.225. The molecule has 0 unspecified atom stereocenters. The summed E-state index contributed by atoms with van der Waals surface area (Å²) in [4.78, 5) is 0. The maximum atomic E-state index is 9.74. The Morgan fingerprint density at radius 1 is 1.75 bits per heavy atom. The van der Waals surface area contributed by atoms with Crippen LogP contribution in [-0.4, -0.2) is 0 Å². The summed E-state index contributed by atoms with van der Waals surface area (Å²) in [6.45, 7) is 0. The van der Waals surface area contributed by atoms with E-state index in [9.17, 15) is 3.55 Å². The minimum atomic E-state index is -1.50. The van der Waals surface area contributed by atoms with Crippen LogP contribution in [0.2, 0.25) is 0 Å². The van der Waals surface area contributed by atoms with Gasteiger partial charge in [-0.15, -0.1) is 0 Å². The summed E-state index contributed by atoms with van der Waals surface area (Å²) in [6.07, 6.45) is 0. The van der Waals surface area contributed by atoms with E-state index >= 15 is 0 Å². The molecule has 29 valence electrons. The molecule has 0 saturated heterocycles. The Morgan fingerprint density at radius 3 is 1.75 bits per heavy atom.